The van der Waals surface area contributed by atoms with Crippen molar-refractivity contribution in [3.63, 3.8) is 0 Å². The summed E-state index contributed by atoms with van der Waals surface area (Å²) in [6.45, 7) is 4.49. The second kappa shape index (κ2) is 17.7. The lowest BCUT2D eigenvalue weighted by Gasteiger charge is -2.16. The first-order chi connectivity index (χ1) is 22.0. The van der Waals surface area contributed by atoms with Gasteiger partial charge in [-0.25, -0.2) is 18.0 Å². The number of amidine groups is 1. The van der Waals surface area contributed by atoms with Crippen LogP contribution in [0.1, 0.15) is 43.0 Å². The Hall–Kier alpha value is -4.09. The maximum atomic E-state index is 13.6. The molecule has 0 unspecified atom stereocenters. The Morgan fingerprint density at radius 2 is 1.74 bits per heavy atom. The molecule has 0 fully saturated rings. The van der Waals surface area contributed by atoms with E-state index in [1.165, 1.54) is 35.2 Å². The van der Waals surface area contributed by atoms with E-state index >= 15 is 0 Å². The maximum Gasteiger partial charge on any atom is 0.490 e. The second-order valence-electron chi connectivity index (χ2n) is 9.71. The topological polar surface area (TPSA) is 189 Å². The average molecular weight is 717 g/mol. The summed E-state index contributed by atoms with van der Waals surface area (Å²) in [5.74, 6) is -3.15. The van der Waals surface area contributed by atoms with Crippen LogP contribution in [0.3, 0.4) is 0 Å². The predicted molar refractivity (Wildman–Crippen MR) is 175 cm³/mol. The van der Waals surface area contributed by atoms with Gasteiger partial charge in [-0.05, 0) is 68.3 Å². The van der Waals surface area contributed by atoms with Crippen LogP contribution in [0, 0.1) is 12.3 Å². The molecule has 3 aromatic rings. The third-order valence-electron chi connectivity index (χ3n) is 6.25. The van der Waals surface area contributed by atoms with E-state index in [0.717, 1.165) is 18.4 Å². The van der Waals surface area contributed by atoms with Crippen molar-refractivity contribution in [2.24, 2.45) is 5.73 Å². The van der Waals surface area contributed by atoms with Crippen LogP contribution in [0.5, 0.6) is 0 Å². The van der Waals surface area contributed by atoms with Gasteiger partial charge in [0.05, 0.1) is 31.2 Å². The molecule has 17 heteroatoms. The van der Waals surface area contributed by atoms with Gasteiger partial charge in [-0.2, -0.15) is 13.2 Å². The first-order valence-corrected chi connectivity index (χ1v) is 17.5. The lowest BCUT2D eigenvalue weighted by molar-refractivity contribution is -0.192. The van der Waals surface area contributed by atoms with Gasteiger partial charge in [-0.3, -0.25) is 10.2 Å². The van der Waals surface area contributed by atoms with E-state index in [1.807, 2.05) is 19.1 Å². The molecule has 0 aliphatic heterocycles. The largest absolute Gasteiger partial charge is 0.490 e. The van der Waals surface area contributed by atoms with Crippen LogP contribution in [0.2, 0.25) is 0 Å². The molecule has 11 nitrogen and oxygen atoms in total. The Bertz CT molecular complexity index is 1690. The average Bonchev–Trinajstić information content (AvgIpc) is 3.45. The van der Waals surface area contributed by atoms with Crippen molar-refractivity contribution in [1.29, 1.82) is 5.41 Å². The highest BCUT2D eigenvalue weighted by molar-refractivity contribution is 8.01. The molecule has 2 aromatic carbocycles. The molecular formula is C30H35F3N4O7S3. The van der Waals surface area contributed by atoms with E-state index in [9.17, 15) is 31.2 Å². The molecule has 0 atom stereocenters. The maximum absolute atomic E-state index is 13.6. The Balaban J connectivity index is 0.000000984. The van der Waals surface area contributed by atoms with Crippen molar-refractivity contribution >= 4 is 62.4 Å². The van der Waals surface area contributed by atoms with Gasteiger partial charge in [0.2, 0.25) is 9.84 Å². The van der Waals surface area contributed by atoms with Crippen molar-refractivity contribution in [3.8, 4) is 11.1 Å². The number of urea groups is 1. The number of sulfone groups is 1. The second-order valence-corrected chi connectivity index (χ2v) is 13.8. The number of alkyl halides is 3. The number of carboxylic acids is 1. The summed E-state index contributed by atoms with van der Waals surface area (Å²) in [5.41, 5.74) is 8.38. The number of nitrogen functional groups attached to an aromatic ring is 1. The molecular weight excluding hydrogens is 682 g/mol. The highest BCUT2D eigenvalue weighted by Gasteiger charge is 2.38. The van der Waals surface area contributed by atoms with E-state index < -0.39 is 22.0 Å². The number of halogens is 3. The van der Waals surface area contributed by atoms with Gasteiger partial charge in [0.25, 0.3) is 0 Å². The molecule has 0 aliphatic rings. The number of thioether (sulfide) groups is 1. The van der Waals surface area contributed by atoms with Crippen molar-refractivity contribution in [3.05, 3.63) is 59.0 Å². The highest BCUT2D eigenvalue weighted by Crippen LogP contribution is 2.39. The lowest BCUT2D eigenvalue weighted by atomic mass is 9.98. The first kappa shape index (κ1) is 39.1. The molecule has 1 aromatic heterocycles. The summed E-state index contributed by atoms with van der Waals surface area (Å²) in [6, 6.07) is 13.2. The molecule has 0 saturated heterocycles. The minimum absolute atomic E-state index is 0.106. The monoisotopic (exact) mass is 716 g/mol. The highest BCUT2D eigenvalue weighted by atomic mass is 32.2. The van der Waals surface area contributed by atoms with Crippen LogP contribution < -0.4 is 16.4 Å². The van der Waals surface area contributed by atoms with Crippen LogP contribution in [0.25, 0.3) is 11.1 Å². The van der Waals surface area contributed by atoms with E-state index in [0.29, 0.717) is 51.9 Å². The molecule has 1 heterocycles. The SMILES string of the molecule is CCOC(=O)CCCCCNC(=O)Nc1cccc(C)c1-c1cccc(S(=O)(=O)c2cc(C(=N)N)sc2SC)c1.O=C(O)C(F)(F)F. The minimum Gasteiger partial charge on any atom is -0.475 e. The smallest absolute Gasteiger partial charge is 0.475 e. The van der Waals surface area contributed by atoms with Crippen LogP contribution >= 0.6 is 23.1 Å². The van der Waals surface area contributed by atoms with E-state index in [2.05, 4.69) is 10.6 Å². The normalized spacial score (nSPS) is 11.2. The zero-order valence-corrected chi connectivity index (χ0v) is 28.1. The van der Waals surface area contributed by atoms with Crippen LogP contribution in [-0.2, 0) is 24.2 Å². The molecule has 256 valence electrons. The van der Waals surface area contributed by atoms with Gasteiger partial charge in [0.1, 0.15) is 5.84 Å². The van der Waals surface area contributed by atoms with E-state index in [1.54, 1.807) is 37.4 Å². The number of amides is 2. The van der Waals surface area contributed by atoms with E-state index in [4.69, 9.17) is 25.8 Å². The van der Waals surface area contributed by atoms with Gasteiger partial charge in [0.15, 0.2) is 0 Å². The number of aryl methyl sites for hydroxylation is 1. The molecule has 0 spiro atoms. The number of benzene rings is 2. The Morgan fingerprint density at radius 3 is 2.34 bits per heavy atom. The number of anilines is 1. The summed E-state index contributed by atoms with van der Waals surface area (Å²) >= 11 is 2.47. The summed E-state index contributed by atoms with van der Waals surface area (Å²) in [6.07, 6.45) is -0.732. The summed E-state index contributed by atoms with van der Waals surface area (Å²) in [4.78, 5) is 33.6. The van der Waals surface area contributed by atoms with Crippen molar-refractivity contribution < 1.29 is 45.8 Å². The van der Waals surface area contributed by atoms with Crippen molar-refractivity contribution in [2.45, 2.75) is 59.7 Å². The number of hydrogen-bond acceptors (Lipinski definition) is 9. The minimum atomic E-state index is -5.08. The molecule has 6 N–H and O–H groups in total. The number of carbonyl (C=O) groups excluding carboxylic acids is 2. The zero-order chi connectivity index (χ0) is 35.4. The van der Waals surface area contributed by atoms with Crippen LogP contribution in [-0.4, -0.2) is 62.9 Å². The van der Waals surface area contributed by atoms with E-state index in [-0.39, 0.29) is 27.6 Å². The number of ether oxygens (including phenoxy) is 1. The standard InChI is InChI=1S/C28H34N4O5S3.C2HF3O2/c1-4-37-24(33)14-6-5-7-15-31-28(34)32-21-13-8-10-18(2)25(21)19-11-9-12-20(16-19)40(35,36)23-17-22(26(29)30)39-27(23)38-3;3-2(4,5)1(6)7/h8-13,16-17H,4-7,14-15H2,1-3H3,(H3,29,30)(H2,31,32,34);(H,6,7). The number of nitrogens with one attached hydrogen (secondary N) is 3. The van der Waals surface area contributed by atoms with Gasteiger partial charge >= 0.3 is 24.1 Å². The Kier molecular flexibility index (Phi) is 14.7. The fourth-order valence-electron chi connectivity index (χ4n) is 4.09. The Labute approximate surface area is 278 Å². The molecule has 0 radical (unpaired) electrons. The quantitative estimate of drug-likeness (QED) is 0.0436. The van der Waals surface area contributed by atoms with Gasteiger partial charge < -0.3 is 26.2 Å². The lowest BCUT2D eigenvalue weighted by Crippen LogP contribution is -2.29. The van der Waals surface area contributed by atoms with Crippen molar-refractivity contribution in [2.75, 3.05) is 24.7 Å². The first-order valence-electron chi connectivity index (χ1n) is 14.0. The fraction of sp³-hybridized carbons (Fsp3) is 0.333. The molecule has 2 amide bonds. The Morgan fingerprint density at radius 1 is 1.09 bits per heavy atom. The number of hydrogen-bond donors (Lipinski definition) is 5. The zero-order valence-electron chi connectivity index (χ0n) is 25.7. The van der Waals surface area contributed by atoms with Crippen LogP contribution in [0.15, 0.2) is 62.5 Å². The number of carbonyl (C=O) groups is 3. The predicted octanol–water partition coefficient (Wildman–Crippen LogP) is 6.44. The molecule has 47 heavy (non-hydrogen) atoms. The fourth-order valence-corrected chi connectivity index (χ4v) is 8.00. The van der Waals surface area contributed by atoms with Crippen LogP contribution in [0.4, 0.5) is 23.7 Å². The number of aliphatic carboxylic acids is 1. The number of nitrogens with two attached hydrogens (primary N) is 1. The molecule has 0 aliphatic carbocycles. The van der Waals surface area contributed by atoms with Gasteiger partial charge in [0, 0.05) is 18.5 Å². The molecule has 0 bridgehead atoms. The number of unbranched alkanes of at least 4 members (excludes halogenated alkanes) is 2. The molecule has 0 saturated carbocycles. The summed E-state index contributed by atoms with van der Waals surface area (Å²) in [7, 11) is -3.89. The summed E-state index contributed by atoms with van der Waals surface area (Å²) < 4.78 is 64.5. The number of carboxylic acid groups (broad SMARTS) is 1. The number of rotatable bonds is 13. The number of thiophene rings is 1. The van der Waals surface area contributed by atoms with Gasteiger partial charge in [-0.1, -0.05) is 30.7 Å². The third-order valence-corrected chi connectivity index (χ3v) is 10.6. The molecule has 3 rings (SSSR count). The number of esters is 1. The third kappa shape index (κ3) is 11.6. The van der Waals surface area contributed by atoms with Gasteiger partial charge in [-0.15, -0.1) is 23.1 Å². The summed E-state index contributed by atoms with van der Waals surface area (Å²) in [5, 5.41) is 20.6. The van der Waals surface area contributed by atoms with Crippen molar-refractivity contribution in [1.82, 2.24) is 5.32 Å².